The Morgan fingerprint density at radius 3 is 2.36 bits per heavy atom. The summed E-state index contributed by atoms with van der Waals surface area (Å²) < 4.78 is 10.5. The lowest BCUT2D eigenvalue weighted by atomic mass is 9.79. The summed E-state index contributed by atoms with van der Waals surface area (Å²) in [6.45, 7) is 9.79. The van der Waals surface area contributed by atoms with Crippen molar-refractivity contribution in [2.75, 3.05) is 13.2 Å². The first-order chi connectivity index (χ1) is 11.9. The molecule has 2 atom stereocenters. The summed E-state index contributed by atoms with van der Waals surface area (Å²) in [5, 5.41) is 0. The van der Waals surface area contributed by atoms with Gasteiger partial charge in [0.2, 0.25) is 0 Å². The number of carbonyl (C=O) groups is 2. The van der Waals surface area contributed by atoms with Crippen LogP contribution < -0.4 is 0 Å². The summed E-state index contributed by atoms with van der Waals surface area (Å²) in [5.41, 5.74) is 1.73. The second-order valence-electron chi connectivity index (χ2n) is 5.84. The molecule has 5 nitrogen and oxygen atoms in total. The number of rotatable bonds is 6. The van der Waals surface area contributed by atoms with Crippen LogP contribution in [0.3, 0.4) is 0 Å². The van der Waals surface area contributed by atoms with Crippen LogP contribution >= 0.6 is 11.3 Å². The Morgan fingerprint density at radius 1 is 1.12 bits per heavy atom. The molecule has 0 saturated carbocycles. The Morgan fingerprint density at radius 2 is 1.80 bits per heavy atom. The van der Waals surface area contributed by atoms with E-state index < -0.39 is 17.8 Å². The van der Waals surface area contributed by atoms with E-state index in [1.54, 1.807) is 32.1 Å². The van der Waals surface area contributed by atoms with Crippen molar-refractivity contribution >= 4 is 29.0 Å². The average molecular weight is 363 g/mol. The van der Waals surface area contributed by atoms with Gasteiger partial charge in [-0.2, -0.15) is 0 Å². The van der Waals surface area contributed by atoms with Gasteiger partial charge in [-0.1, -0.05) is 6.92 Å². The molecule has 0 amide bonds. The molecule has 0 aliphatic carbocycles. The van der Waals surface area contributed by atoms with Crippen molar-refractivity contribution in [1.82, 2.24) is 0 Å². The van der Waals surface area contributed by atoms with Crippen LogP contribution in [-0.2, 0) is 25.5 Å². The van der Waals surface area contributed by atoms with Gasteiger partial charge in [0.15, 0.2) is 0 Å². The molecule has 1 aliphatic heterocycles. The fourth-order valence-corrected chi connectivity index (χ4v) is 4.21. The van der Waals surface area contributed by atoms with Gasteiger partial charge in [0.05, 0.1) is 18.8 Å². The molecule has 2 unspecified atom stereocenters. The zero-order valence-electron chi connectivity index (χ0n) is 15.4. The van der Waals surface area contributed by atoms with E-state index in [-0.39, 0.29) is 19.2 Å². The maximum Gasteiger partial charge on any atom is 0.336 e. The fourth-order valence-electron chi connectivity index (χ4n) is 3.11. The molecular weight excluding hydrogens is 338 g/mol. The highest BCUT2D eigenvalue weighted by atomic mass is 32.1. The monoisotopic (exact) mass is 363 g/mol. The summed E-state index contributed by atoms with van der Waals surface area (Å²) in [4.78, 5) is 31.9. The van der Waals surface area contributed by atoms with Crippen LogP contribution in [0.1, 0.15) is 50.3 Å². The number of hydrogen-bond donors (Lipinski definition) is 0. The molecule has 25 heavy (non-hydrogen) atoms. The van der Waals surface area contributed by atoms with Gasteiger partial charge in [-0.05, 0) is 46.2 Å². The summed E-state index contributed by atoms with van der Waals surface area (Å²) in [7, 11) is 0. The minimum atomic E-state index is -0.605. The second kappa shape index (κ2) is 8.43. The van der Waals surface area contributed by atoms with Gasteiger partial charge in [0.1, 0.15) is 5.92 Å². The summed E-state index contributed by atoms with van der Waals surface area (Å²) in [6, 6.07) is 4.03. The Balaban J connectivity index is 2.58. The lowest BCUT2D eigenvalue weighted by Crippen LogP contribution is -2.36. The number of ether oxygens (including phenoxy) is 2. The zero-order valence-corrected chi connectivity index (χ0v) is 16.2. The van der Waals surface area contributed by atoms with E-state index >= 15 is 0 Å². The summed E-state index contributed by atoms with van der Waals surface area (Å²) in [5.74, 6) is -1.79. The maximum absolute atomic E-state index is 12.6. The van der Waals surface area contributed by atoms with Crippen LogP contribution in [-0.4, -0.2) is 30.9 Å². The van der Waals surface area contributed by atoms with Crippen molar-refractivity contribution in [3.63, 3.8) is 0 Å². The molecule has 2 heterocycles. The molecule has 1 aromatic heterocycles. The number of allylic oxidation sites excluding steroid dienone is 1. The quantitative estimate of drug-likeness (QED) is 0.719. The number of aryl methyl sites for hydroxylation is 1. The molecule has 0 aromatic carbocycles. The molecule has 1 aromatic rings. The predicted molar refractivity (Wildman–Crippen MR) is 99.0 cm³/mol. The Kier molecular flexibility index (Phi) is 6.53. The number of esters is 2. The number of carbonyl (C=O) groups excluding carboxylic acids is 2. The summed E-state index contributed by atoms with van der Waals surface area (Å²) >= 11 is 1.62. The topological polar surface area (TPSA) is 65.0 Å². The van der Waals surface area contributed by atoms with Crippen molar-refractivity contribution < 1.29 is 19.1 Å². The van der Waals surface area contributed by atoms with Crippen LogP contribution in [0.5, 0.6) is 0 Å². The van der Waals surface area contributed by atoms with E-state index in [9.17, 15) is 9.59 Å². The first-order valence-corrected chi connectivity index (χ1v) is 9.44. The van der Waals surface area contributed by atoms with Crippen LogP contribution in [0.4, 0.5) is 0 Å². The molecule has 1 aliphatic rings. The Labute approximate surface area is 152 Å². The third-order valence-electron chi connectivity index (χ3n) is 4.20. The van der Waals surface area contributed by atoms with E-state index in [0.717, 1.165) is 11.3 Å². The largest absolute Gasteiger partial charge is 0.465 e. The lowest BCUT2D eigenvalue weighted by molar-refractivity contribution is -0.146. The van der Waals surface area contributed by atoms with Crippen LogP contribution in [0.25, 0.3) is 0 Å². The second-order valence-corrected chi connectivity index (χ2v) is 7.04. The van der Waals surface area contributed by atoms with Crippen LogP contribution in [0.15, 0.2) is 28.4 Å². The molecule has 0 fully saturated rings. The van der Waals surface area contributed by atoms with Crippen molar-refractivity contribution in [1.29, 1.82) is 0 Å². The van der Waals surface area contributed by atoms with Crippen molar-refractivity contribution in [2.24, 2.45) is 10.9 Å². The lowest BCUT2D eigenvalue weighted by Gasteiger charge is -2.30. The van der Waals surface area contributed by atoms with Crippen LogP contribution in [0.2, 0.25) is 0 Å². The van der Waals surface area contributed by atoms with Gasteiger partial charge < -0.3 is 9.47 Å². The normalized spacial score (nSPS) is 20.3. The highest BCUT2D eigenvalue weighted by Gasteiger charge is 2.42. The highest BCUT2D eigenvalue weighted by Crippen LogP contribution is 2.42. The highest BCUT2D eigenvalue weighted by molar-refractivity contribution is 7.12. The number of nitrogens with zero attached hydrogens (tertiary/aromatic N) is 1. The predicted octanol–water partition coefficient (Wildman–Crippen LogP) is 3.89. The van der Waals surface area contributed by atoms with Crippen molar-refractivity contribution in [3.8, 4) is 0 Å². The molecule has 0 N–H and O–H groups in total. The Hall–Kier alpha value is -1.95. The number of aliphatic imine (C=N–C) groups is 1. The number of hydrogen-bond acceptors (Lipinski definition) is 6. The minimum Gasteiger partial charge on any atom is -0.465 e. The SMILES string of the molecule is CCOC(=O)C1=C(C)N=C(C)C(C(=O)OCC)C1c1ccc(CC)s1. The van der Waals surface area contributed by atoms with Gasteiger partial charge >= 0.3 is 11.9 Å². The van der Waals surface area contributed by atoms with E-state index in [1.807, 2.05) is 19.1 Å². The fraction of sp³-hybridized carbons (Fsp3) is 0.526. The molecule has 2 rings (SSSR count). The number of thiophene rings is 1. The van der Waals surface area contributed by atoms with E-state index in [0.29, 0.717) is 17.0 Å². The first kappa shape index (κ1) is 19.4. The zero-order chi connectivity index (χ0) is 18.6. The molecule has 0 spiro atoms. The van der Waals surface area contributed by atoms with Crippen molar-refractivity contribution in [3.05, 3.63) is 33.2 Å². The smallest absolute Gasteiger partial charge is 0.336 e. The molecule has 0 radical (unpaired) electrons. The van der Waals surface area contributed by atoms with E-state index in [1.165, 1.54) is 4.88 Å². The minimum absolute atomic E-state index is 0.278. The van der Waals surface area contributed by atoms with Gasteiger partial charge in [-0.3, -0.25) is 9.79 Å². The molecule has 6 heteroatoms. The van der Waals surface area contributed by atoms with E-state index in [2.05, 4.69) is 11.9 Å². The standard InChI is InChI=1S/C19H25NO4S/c1-6-13-9-10-14(25-13)17-15(18(21)23-7-2)11(4)20-12(5)16(17)19(22)24-8-3/h9-10,15,17H,6-8H2,1-5H3. The molecule has 0 saturated heterocycles. The summed E-state index contributed by atoms with van der Waals surface area (Å²) in [6.07, 6.45) is 0.909. The third-order valence-corrected chi connectivity index (χ3v) is 5.51. The van der Waals surface area contributed by atoms with Crippen molar-refractivity contribution in [2.45, 2.75) is 47.0 Å². The molecule has 0 bridgehead atoms. The molecular formula is C19H25NO4S. The van der Waals surface area contributed by atoms with Gasteiger partial charge in [0, 0.05) is 27.1 Å². The maximum atomic E-state index is 12.6. The first-order valence-electron chi connectivity index (χ1n) is 8.62. The van der Waals surface area contributed by atoms with Gasteiger partial charge in [-0.25, -0.2) is 4.79 Å². The molecule has 136 valence electrons. The Bertz CT molecular complexity index is 717. The average Bonchev–Trinajstić information content (AvgIpc) is 3.03. The van der Waals surface area contributed by atoms with E-state index in [4.69, 9.17) is 9.47 Å². The van der Waals surface area contributed by atoms with Gasteiger partial charge in [-0.15, -0.1) is 11.3 Å². The van der Waals surface area contributed by atoms with Gasteiger partial charge in [0.25, 0.3) is 0 Å². The van der Waals surface area contributed by atoms with Crippen LogP contribution in [0, 0.1) is 5.92 Å². The third kappa shape index (κ3) is 4.00.